The van der Waals surface area contributed by atoms with Gasteiger partial charge in [-0.05, 0) is 37.5 Å². The van der Waals surface area contributed by atoms with E-state index in [1.165, 1.54) is 17.4 Å². The summed E-state index contributed by atoms with van der Waals surface area (Å²) in [5, 5.41) is 4.63. The maximum Gasteiger partial charge on any atom is 0.307 e. The van der Waals surface area contributed by atoms with E-state index in [1.807, 2.05) is 19.1 Å². The van der Waals surface area contributed by atoms with Gasteiger partial charge >= 0.3 is 4.87 Å². The van der Waals surface area contributed by atoms with Crippen molar-refractivity contribution in [1.29, 1.82) is 0 Å². The molecular formula is C16H20N4O2S. The van der Waals surface area contributed by atoms with Crippen molar-refractivity contribution in [2.45, 2.75) is 32.9 Å². The third-order valence-electron chi connectivity index (χ3n) is 4.01. The molecule has 0 saturated carbocycles. The lowest BCUT2D eigenvalue weighted by Gasteiger charge is -2.17. The van der Waals surface area contributed by atoms with E-state index in [1.54, 1.807) is 11.6 Å². The highest BCUT2D eigenvalue weighted by Gasteiger charge is 2.14. The highest BCUT2D eigenvalue weighted by atomic mass is 32.1. The van der Waals surface area contributed by atoms with Gasteiger partial charge in [0.25, 0.3) is 0 Å². The van der Waals surface area contributed by atoms with Gasteiger partial charge in [-0.2, -0.15) is 0 Å². The maximum atomic E-state index is 12.0. The Morgan fingerprint density at radius 1 is 1.39 bits per heavy atom. The predicted octanol–water partition coefficient (Wildman–Crippen LogP) is 1.53. The van der Waals surface area contributed by atoms with Crippen molar-refractivity contribution in [2.24, 2.45) is 0 Å². The third-order valence-corrected chi connectivity index (χ3v) is 4.89. The zero-order chi connectivity index (χ0) is 16.2. The number of anilines is 1. The van der Waals surface area contributed by atoms with Crippen LogP contribution in [-0.2, 0) is 17.9 Å². The summed E-state index contributed by atoms with van der Waals surface area (Å²) in [5.74, 6) is 0.812. The van der Waals surface area contributed by atoms with Crippen LogP contribution in [0.25, 0.3) is 0 Å². The van der Waals surface area contributed by atoms with Crippen molar-refractivity contribution in [3.8, 4) is 0 Å². The Labute approximate surface area is 138 Å². The molecule has 23 heavy (non-hydrogen) atoms. The summed E-state index contributed by atoms with van der Waals surface area (Å²) in [7, 11) is 0. The fourth-order valence-electron chi connectivity index (χ4n) is 2.69. The van der Waals surface area contributed by atoms with Crippen LogP contribution in [0, 0.1) is 6.92 Å². The van der Waals surface area contributed by atoms with E-state index in [0.717, 1.165) is 41.5 Å². The molecule has 0 spiro atoms. The SMILES string of the molecule is Cc1csc(=O)n1CC(=O)NCc1ccnc(N2CCCC2)c1. The van der Waals surface area contributed by atoms with E-state index >= 15 is 0 Å². The van der Waals surface area contributed by atoms with Crippen molar-refractivity contribution in [2.75, 3.05) is 18.0 Å². The number of rotatable bonds is 5. The lowest BCUT2D eigenvalue weighted by atomic mass is 10.2. The average molecular weight is 332 g/mol. The van der Waals surface area contributed by atoms with Crippen LogP contribution >= 0.6 is 11.3 Å². The van der Waals surface area contributed by atoms with Crippen LogP contribution in [0.5, 0.6) is 0 Å². The second-order valence-corrected chi connectivity index (χ2v) is 6.54. The molecule has 2 aromatic rings. The standard InChI is InChI=1S/C16H20N4O2S/c1-12-11-23-16(22)20(12)10-15(21)18-9-13-4-5-17-14(8-13)19-6-2-3-7-19/h4-5,8,11H,2-3,6-7,9-10H2,1H3,(H,18,21). The zero-order valence-corrected chi connectivity index (χ0v) is 13.9. The fourth-order valence-corrected chi connectivity index (χ4v) is 3.42. The molecule has 1 saturated heterocycles. The minimum absolute atomic E-state index is 0.0677. The topological polar surface area (TPSA) is 67.2 Å². The molecule has 1 N–H and O–H groups in total. The highest BCUT2D eigenvalue weighted by Crippen LogP contribution is 2.18. The number of aromatic nitrogens is 2. The normalized spacial score (nSPS) is 14.2. The van der Waals surface area contributed by atoms with Crippen LogP contribution in [-0.4, -0.2) is 28.5 Å². The molecule has 3 heterocycles. The largest absolute Gasteiger partial charge is 0.357 e. The Morgan fingerprint density at radius 3 is 2.87 bits per heavy atom. The van der Waals surface area contributed by atoms with Crippen molar-refractivity contribution in [3.63, 3.8) is 0 Å². The summed E-state index contributed by atoms with van der Waals surface area (Å²) in [6.07, 6.45) is 4.19. The first kappa shape index (κ1) is 15.7. The first-order valence-electron chi connectivity index (χ1n) is 7.75. The van der Waals surface area contributed by atoms with Gasteiger partial charge in [0.15, 0.2) is 0 Å². The lowest BCUT2D eigenvalue weighted by molar-refractivity contribution is -0.121. The monoisotopic (exact) mass is 332 g/mol. The van der Waals surface area contributed by atoms with E-state index in [2.05, 4.69) is 15.2 Å². The second-order valence-electron chi connectivity index (χ2n) is 5.72. The zero-order valence-electron chi connectivity index (χ0n) is 13.1. The number of thiazole rings is 1. The fraction of sp³-hybridized carbons (Fsp3) is 0.438. The van der Waals surface area contributed by atoms with Gasteiger partial charge in [-0.1, -0.05) is 11.3 Å². The van der Waals surface area contributed by atoms with Gasteiger partial charge in [-0.3, -0.25) is 14.2 Å². The summed E-state index contributed by atoms with van der Waals surface area (Å²) in [5.41, 5.74) is 1.83. The van der Waals surface area contributed by atoms with Gasteiger partial charge in [0, 0.05) is 36.9 Å². The molecule has 122 valence electrons. The van der Waals surface area contributed by atoms with Gasteiger partial charge in [0.2, 0.25) is 5.91 Å². The van der Waals surface area contributed by atoms with Crippen molar-refractivity contribution in [3.05, 3.63) is 44.6 Å². The average Bonchev–Trinajstić information content (AvgIpc) is 3.19. The van der Waals surface area contributed by atoms with Crippen LogP contribution in [0.15, 0.2) is 28.5 Å². The summed E-state index contributed by atoms with van der Waals surface area (Å²) < 4.78 is 1.49. The molecule has 0 bridgehead atoms. The number of nitrogens with zero attached hydrogens (tertiary/aromatic N) is 3. The molecule has 1 aliphatic rings. The Kier molecular flexibility index (Phi) is 4.76. The third kappa shape index (κ3) is 3.79. The number of hydrogen-bond acceptors (Lipinski definition) is 5. The van der Waals surface area contributed by atoms with Crippen molar-refractivity contribution < 1.29 is 4.79 Å². The quantitative estimate of drug-likeness (QED) is 0.902. The number of pyridine rings is 1. The molecule has 0 aliphatic carbocycles. The summed E-state index contributed by atoms with van der Waals surface area (Å²) in [6, 6.07) is 3.93. The Balaban J connectivity index is 1.58. The van der Waals surface area contributed by atoms with Crippen LogP contribution < -0.4 is 15.1 Å². The van der Waals surface area contributed by atoms with Crippen molar-refractivity contribution >= 4 is 23.1 Å². The molecule has 0 radical (unpaired) electrons. The van der Waals surface area contributed by atoms with Crippen LogP contribution in [0.3, 0.4) is 0 Å². The molecule has 6 nitrogen and oxygen atoms in total. The molecule has 0 atom stereocenters. The number of aryl methyl sites for hydroxylation is 1. The van der Waals surface area contributed by atoms with Crippen LogP contribution in [0.1, 0.15) is 24.1 Å². The van der Waals surface area contributed by atoms with Gasteiger partial charge in [-0.25, -0.2) is 4.98 Å². The number of carbonyl (C=O) groups is 1. The second kappa shape index (κ2) is 6.95. The van der Waals surface area contributed by atoms with E-state index in [-0.39, 0.29) is 17.3 Å². The first-order valence-corrected chi connectivity index (χ1v) is 8.63. The Hall–Kier alpha value is -2.15. The molecule has 3 rings (SSSR count). The number of nitrogens with one attached hydrogen (secondary N) is 1. The molecular weight excluding hydrogens is 312 g/mol. The summed E-state index contributed by atoms with van der Waals surface area (Å²) in [6.45, 7) is 4.43. The number of carbonyl (C=O) groups excluding carboxylic acids is 1. The smallest absolute Gasteiger partial charge is 0.307 e. The van der Waals surface area contributed by atoms with Gasteiger partial charge in [-0.15, -0.1) is 0 Å². The van der Waals surface area contributed by atoms with E-state index in [9.17, 15) is 9.59 Å². The maximum absolute atomic E-state index is 12.0. The van der Waals surface area contributed by atoms with Gasteiger partial charge in [0.1, 0.15) is 12.4 Å². The van der Waals surface area contributed by atoms with Crippen LogP contribution in [0.2, 0.25) is 0 Å². The van der Waals surface area contributed by atoms with Crippen LogP contribution in [0.4, 0.5) is 5.82 Å². The van der Waals surface area contributed by atoms with Crippen molar-refractivity contribution in [1.82, 2.24) is 14.9 Å². The van der Waals surface area contributed by atoms with E-state index in [0.29, 0.717) is 6.54 Å². The molecule has 0 aromatic carbocycles. The van der Waals surface area contributed by atoms with E-state index in [4.69, 9.17) is 0 Å². The Bertz CT molecular complexity index is 747. The Morgan fingerprint density at radius 2 is 2.17 bits per heavy atom. The number of hydrogen-bond donors (Lipinski definition) is 1. The molecule has 1 amide bonds. The van der Waals surface area contributed by atoms with Gasteiger partial charge in [0.05, 0.1) is 0 Å². The minimum Gasteiger partial charge on any atom is -0.357 e. The molecule has 1 fully saturated rings. The summed E-state index contributed by atoms with van der Waals surface area (Å²) in [4.78, 5) is 30.2. The highest BCUT2D eigenvalue weighted by molar-refractivity contribution is 7.07. The molecule has 1 aliphatic heterocycles. The lowest BCUT2D eigenvalue weighted by Crippen LogP contribution is -2.30. The minimum atomic E-state index is -0.159. The summed E-state index contributed by atoms with van der Waals surface area (Å²) >= 11 is 1.12. The first-order chi connectivity index (χ1) is 11.1. The van der Waals surface area contributed by atoms with Gasteiger partial charge < -0.3 is 10.2 Å². The number of amides is 1. The van der Waals surface area contributed by atoms with E-state index < -0.39 is 0 Å². The molecule has 0 unspecified atom stereocenters. The molecule has 7 heteroatoms. The predicted molar refractivity (Wildman–Crippen MR) is 90.8 cm³/mol. The molecule has 2 aromatic heterocycles.